The average Bonchev–Trinajstić information content (AvgIpc) is 2.89. The van der Waals surface area contributed by atoms with E-state index >= 15 is 0 Å². The Hall–Kier alpha value is -1.43. The van der Waals surface area contributed by atoms with Crippen LogP contribution in [0, 0.1) is 0 Å². The number of hydrogen-bond acceptors (Lipinski definition) is 4. The number of aromatic nitrogens is 3. The number of fused-ring (bicyclic) bond motifs is 1. The molecule has 1 saturated heterocycles. The summed E-state index contributed by atoms with van der Waals surface area (Å²) in [6, 6.07) is 3.72. The third-order valence-electron chi connectivity index (χ3n) is 3.58. The van der Waals surface area contributed by atoms with Crippen molar-refractivity contribution in [2.75, 3.05) is 5.75 Å². The predicted octanol–water partition coefficient (Wildman–Crippen LogP) is 2.09. The number of pyridine rings is 1. The summed E-state index contributed by atoms with van der Waals surface area (Å²) in [5, 5.41) is -0.478. The number of nitrogens with zero attached hydrogens (tertiary/aromatic N) is 3. The molecule has 1 aliphatic rings. The largest absolute Gasteiger partial charge is 0.295 e. The second-order valence-electron chi connectivity index (χ2n) is 4.96. The SMILES string of the molecule is CCCc1nc2cccnc2n1C1CCCS1(=O)=O. The summed E-state index contributed by atoms with van der Waals surface area (Å²) in [5.74, 6) is 1.11. The molecule has 0 saturated carbocycles. The van der Waals surface area contributed by atoms with Crippen LogP contribution >= 0.6 is 0 Å². The van der Waals surface area contributed by atoms with Gasteiger partial charge in [0.1, 0.15) is 16.7 Å². The molecular weight excluding hydrogens is 262 g/mol. The molecule has 0 radical (unpaired) electrons. The van der Waals surface area contributed by atoms with Crippen molar-refractivity contribution in [1.82, 2.24) is 14.5 Å². The molecule has 5 nitrogen and oxygen atoms in total. The molecule has 2 aromatic rings. The maximum absolute atomic E-state index is 12.2. The summed E-state index contributed by atoms with van der Waals surface area (Å²) in [6.07, 6.45) is 4.81. The van der Waals surface area contributed by atoms with E-state index in [2.05, 4.69) is 16.9 Å². The lowest BCUT2D eigenvalue weighted by molar-refractivity contribution is 0.549. The topological polar surface area (TPSA) is 64.8 Å². The normalized spacial score (nSPS) is 22.1. The van der Waals surface area contributed by atoms with Crippen molar-refractivity contribution < 1.29 is 8.42 Å². The van der Waals surface area contributed by atoms with Gasteiger partial charge in [-0.15, -0.1) is 0 Å². The van der Waals surface area contributed by atoms with E-state index in [0.717, 1.165) is 30.6 Å². The molecule has 1 unspecified atom stereocenters. The molecule has 0 aliphatic carbocycles. The molecule has 0 aromatic carbocycles. The Kier molecular flexibility index (Phi) is 3.05. The third kappa shape index (κ3) is 2.04. The van der Waals surface area contributed by atoms with Crippen molar-refractivity contribution in [2.24, 2.45) is 0 Å². The van der Waals surface area contributed by atoms with E-state index in [1.54, 1.807) is 6.20 Å². The molecule has 1 aliphatic heterocycles. The average molecular weight is 279 g/mol. The Morgan fingerprint density at radius 1 is 1.47 bits per heavy atom. The van der Waals surface area contributed by atoms with Gasteiger partial charge in [-0.05, 0) is 31.4 Å². The second kappa shape index (κ2) is 4.59. The first-order valence-electron chi connectivity index (χ1n) is 6.67. The first-order chi connectivity index (χ1) is 9.13. The molecule has 6 heteroatoms. The van der Waals surface area contributed by atoms with Gasteiger partial charge >= 0.3 is 0 Å². The summed E-state index contributed by atoms with van der Waals surface area (Å²) < 4.78 is 26.2. The van der Waals surface area contributed by atoms with Gasteiger partial charge in [0.25, 0.3) is 0 Å². The van der Waals surface area contributed by atoms with Gasteiger partial charge in [-0.1, -0.05) is 6.92 Å². The van der Waals surface area contributed by atoms with Crippen LogP contribution in [0.3, 0.4) is 0 Å². The zero-order chi connectivity index (χ0) is 13.5. The lowest BCUT2D eigenvalue weighted by atomic mass is 10.3. The molecule has 1 fully saturated rings. The first kappa shape index (κ1) is 12.6. The van der Waals surface area contributed by atoms with E-state index in [4.69, 9.17) is 0 Å². The van der Waals surface area contributed by atoms with Gasteiger partial charge < -0.3 is 0 Å². The molecule has 0 amide bonds. The molecule has 0 N–H and O–H groups in total. The Bertz CT molecular complexity index is 706. The van der Waals surface area contributed by atoms with Gasteiger partial charge in [0.15, 0.2) is 15.5 Å². The van der Waals surface area contributed by atoms with Gasteiger partial charge in [-0.25, -0.2) is 18.4 Å². The van der Waals surface area contributed by atoms with Crippen molar-refractivity contribution >= 4 is 21.0 Å². The monoisotopic (exact) mass is 279 g/mol. The van der Waals surface area contributed by atoms with Crippen LogP contribution in [0.4, 0.5) is 0 Å². The maximum Gasteiger partial charge on any atom is 0.171 e. The fraction of sp³-hybridized carbons (Fsp3) is 0.538. The Morgan fingerprint density at radius 2 is 2.32 bits per heavy atom. The van der Waals surface area contributed by atoms with Crippen LogP contribution in [0.25, 0.3) is 11.2 Å². The van der Waals surface area contributed by atoms with Crippen molar-refractivity contribution in [1.29, 1.82) is 0 Å². The van der Waals surface area contributed by atoms with Crippen molar-refractivity contribution in [3.8, 4) is 0 Å². The van der Waals surface area contributed by atoms with Crippen molar-refractivity contribution in [2.45, 2.75) is 38.0 Å². The zero-order valence-corrected chi connectivity index (χ0v) is 11.7. The van der Waals surface area contributed by atoms with E-state index < -0.39 is 15.2 Å². The van der Waals surface area contributed by atoms with Crippen LogP contribution in [0.2, 0.25) is 0 Å². The summed E-state index contributed by atoms with van der Waals surface area (Å²) >= 11 is 0. The van der Waals surface area contributed by atoms with Gasteiger partial charge in [-0.2, -0.15) is 0 Å². The molecule has 102 valence electrons. The zero-order valence-electron chi connectivity index (χ0n) is 10.9. The molecular formula is C13H17N3O2S. The highest BCUT2D eigenvalue weighted by Crippen LogP contribution is 2.33. The lowest BCUT2D eigenvalue weighted by Crippen LogP contribution is -2.18. The fourth-order valence-electron chi connectivity index (χ4n) is 2.74. The number of rotatable bonds is 3. The van der Waals surface area contributed by atoms with E-state index in [0.29, 0.717) is 12.1 Å². The van der Waals surface area contributed by atoms with E-state index in [1.165, 1.54) is 0 Å². The van der Waals surface area contributed by atoms with E-state index in [1.807, 2.05) is 16.7 Å². The van der Waals surface area contributed by atoms with Crippen LogP contribution in [0.1, 0.15) is 37.4 Å². The smallest absolute Gasteiger partial charge is 0.171 e. The predicted molar refractivity (Wildman–Crippen MR) is 73.6 cm³/mol. The standard InChI is InChI=1S/C13H17N3O2S/c1-2-5-11-15-10-6-3-8-14-13(10)16(11)12-7-4-9-19(12,17)18/h3,6,8,12H,2,4-5,7,9H2,1H3. The van der Waals surface area contributed by atoms with E-state index in [-0.39, 0.29) is 5.75 Å². The fourth-order valence-corrected chi connectivity index (χ4v) is 4.65. The second-order valence-corrected chi connectivity index (χ2v) is 7.24. The molecule has 19 heavy (non-hydrogen) atoms. The van der Waals surface area contributed by atoms with Crippen LogP contribution < -0.4 is 0 Å². The highest BCUT2D eigenvalue weighted by molar-refractivity contribution is 7.91. The number of imidazole rings is 1. The van der Waals surface area contributed by atoms with Gasteiger partial charge in [-0.3, -0.25) is 4.57 Å². The Morgan fingerprint density at radius 3 is 3.00 bits per heavy atom. The summed E-state index contributed by atoms with van der Waals surface area (Å²) in [5.41, 5.74) is 1.48. The van der Waals surface area contributed by atoms with Gasteiger partial charge in [0.2, 0.25) is 0 Å². The molecule has 3 heterocycles. The summed E-state index contributed by atoms with van der Waals surface area (Å²) in [6.45, 7) is 2.07. The minimum absolute atomic E-state index is 0.274. The molecule has 0 spiro atoms. The summed E-state index contributed by atoms with van der Waals surface area (Å²) in [4.78, 5) is 8.88. The number of hydrogen-bond donors (Lipinski definition) is 0. The minimum atomic E-state index is -3.06. The van der Waals surface area contributed by atoms with Crippen molar-refractivity contribution in [3.63, 3.8) is 0 Å². The highest BCUT2D eigenvalue weighted by atomic mass is 32.2. The van der Waals surface area contributed by atoms with Gasteiger partial charge in [0.05, 0.1) is 5.75 Å². The Balaban J connectivity index is 2.23. The summed E-state index contributed by atoms with van der Waals surface area (Å²) in [7, 11) is -3.06. The lowest BCUT2D eigenvalue weighted by Gasteiger charge is -2.15. The molecule has 2 aromatic heterocycles. The van der Waals surface area contributed by atoms with Crippen LogP contribution in [-0.2, 0) is 16.3 Å². The van der Waals surface area contributed by atoms with Crippen LogP contribution in [0.15, 0.2) is 18.3 Å². The first-order valence-corrected chi connectivity index (χ1v) is 8.38. The minimum Gasteiger partial charge on any atom is -0.295 e. The molecule has 1 atom stereocenters. The Labute approximate surface area is 112 Å². The van der Waals surface area contributed by atoms with Crippen LogP contribution in [-0.4, -0.2) is 28.7 Å². The molecule has 0 bridgehead atoms. The van der Waals surface area contributed by atoms with Crippen molar-refractivity contribution in [3.05, 3.63) is 24.2 Å². The van der Waals surface area contributed by atoms with Crippen LogP contribution in [0.5, 0.6) is 0 Å². The number of aryl methyl sites for hydroxylation is 1. The van der Waals surface area contributed by atoms with Gasteiger partial charge in [0, 0.05) is 12.6 Å². The maximum atomic E-state index is 12.2. The third-order valence-corrected chi connectivity index (χ3v) is 5.71. The highest BCUT2D eigenvalue weighted by Gasteiger charge is 2.35. The quantitative estimate of drug-likeness (QED) is 0.863. The molecule has 3 rings (SSSR count). The van der Waals surface area contributed by atoms with E-state index in [9.17, 15) is 8.42 Å². The number of sulfone groups is 1.